The van der Waals surface area contributed by atoms with Gasteiger partial charge in [0.05, 0.1) is 0 Å². The highest BCUT2D eigenvalue weighted by Crippen LogP contribution is 2.36. The fourth-order valence-corrected chi connectivity index (χ4v) is 3.69. The highest BCUT2D eigenvalue weighted by atomic mass is 28.4. The van der Waals surface area contributed by atoms with Gasteiger partial charge in [-0.2, -0.15) is 0 Å². The van der Waals surface area contributed by atoms with Gasteiger partial charge in [0.25, 0.3) is 0 Å². The number of ketones is 1. The number of carbonyl (C=O) groups excluding carboxylic acids is 1. The second-order valence-electron chi connectivity index (χ2n) is 8.15. The Labute approximate surface area is 126 Å². The van der Waals surface area contributed by atoms with Gasteiger partial charge in [-0.15, -0.1) is 0 Å². The van der Waals surface area contributed by atoms with Crippen molar-refractivity contribution < 1.29 is 9.22 Å². The molecule has 1 fully saturated rings. The van der Waals surface area contributed by atoms with E-state index in [2.05, 4.69) is 40.8 Å². The third kappa shape index (κ3) is 5.32. The first kappa shape index (κ1) is 17.9. The maximum Gasteiger partial charge on any atom is 0.191 e. The van der Waals surface area contributed by atoms with Crippen LogP contribution in [0.25, 0.3) is 0 Å². The lowest BCUT2D eigenvalue weighted by atomic mass is 9.80. The fraction of sp³-hybridized carbons (Fsp3) is 0.941. The van der Waals surface area contributed by atoms with Crippen LogP contribution in [-0.2, 0) is 9.22 Å². The Hall–Kier alpha value is -0.153. The molecule has 0 radical (unpaired) electrons. The highest BCUT2D eigenvalue weighted by Gasteiger charge is 2.36. The Morgan fingerprint density at radius 1 is 1.20 bits per heavy atom. The van der Waals surface area contributed by atoms with E-state index >= 15 is 0 Å². The Kier molecular flexibility index (Phi) is 6.46. The van der Waals surface area contributed by atoms with Gasteiger partial charge in [-0.3, -0.25) is 4.79 Å². The van der Waals surface area contributed by atoms with Crippen LogP contribution in [0.1, 0.15) is 66.2 Å². The summed E-state index contributed by atoms with van der Waals surface area (Å²) in [6, 6.07) is 0. The van der Waals surface area contributed by atoms with Gasteiger partial charge in [0.15, 0.2) is 8.32 Å². The van der Waals surface area contributed by atoms with Crippen LogP contribution in [0.2, 0.25) is 18.1 Å². The van der Waals surface area contributed by atoms with Crippen LogP contribution in [0.15, 0.2) is 0 Å². The predicted molar refractivity (Wildman–Crippen MR) is 88.5 cm³/mol. The van der Waals surface area contributed by atoms with E-state index in [1.54, 1.807) is 0 Å². The lowest BCUT2D eigenvalue weighted by Gasteiger charge is -2.36. The zero-order valence-electron chi connectivity index (χ0n) is 14.4. The molecule has 0 N–H and O–H groups in total. The Morgan fingerprint density at radius 3 is 2.40 bits per heavy atom. The molecule has 0 aliphatic heterocycles. The largest absolute Gasteiger partial charge is 0.417 e. The van der Waals surface area contributed by atoms with Crippen molar-refractivity contribution in [3.05, 3.63) is 0 Å². The van der Waals surface area contributed by atoms with Crippen molar-refractivity contribution in [2.45, 2.75) is 84.4 Å². The molecule has 2 nitrogen and oxygen atoms in total. The normalized spacial score (nSPS) is 25.0. The van der Waals surface area contributed by atoms with Gasteiger partial charge in [0.2, 0.25) is 0 Å². The van der Waals surface area contributed by atoms with Gasteiger partial charge in [-0.25, -0.2) is 0 Å². The number of rotatable bonds is 6. The first-order valence-electron chi connectivity index (χ1n) is 8.30. The van der Waals surface area contributed by atoms with Crippen LogP contribution in [0, 0.1) is 11.8 Å². The van der Waals surface area contributed by atoms with E-state index in [1.165, 1.54) is 6.42 Å². The number of hydrogen-bond acceptors (Lipinski definition) is 2. The molecule has 118 valence electrons. The van der Waals surface area contributed by atoms with Crippen LogP contribution < -0.4 is 0 Å². The van der Waals surface area contributed by atoms with Crippen LogP contribution in [-0.4, -0.2) is 20.7 Å². The van der Waals surface area contributed by atoms with Gasteiger partial charge in [0, 0.05) is 18.9 Å². The van der Waals surface area contributed by atoms with E-state index in [4.69, 9.17) is 4.43 Å². The number of hydrogen-bond donors (Lipinski definition) is 0. The summed E-state index contributed by atoms with van der Waals surface area (Å²) in [6.07, 6.45) is 6.47. The summed E-state index contributed by atoms with van der Waals surface area (Å²) >= 11 is 0. The molecule has 1 saturated carbocycles. The third-order valence-electron chi connectivity index (χ3n) is 5.23. The molecule has 20 heavy (non-hydrogen) atoms. The smallest absolute Gasteiger partial charge is 0.191 e. The van der Waals surface area contributed by atoms with Gasteiger partial charge in [-0.05, 0) is 49.7 Å². The molecule has 2 atom stereocenters. The molecule has 0 bridgehead atoms. The fourth-order valence-electron chi connectivity index (χ4n) is 2.60. The van der Waals surface area contributed by atoms with Crippen molar-refractivity contribution >= 4 is 14.1 Å². The first-order chi connectivity index (χ1) is 9.13. The van der Waals surface area contributed by atoms with Crippen molar-refractivity contribution in [3.8, 4) is 0 Å². The van der Waals surface area contributed by atoms with Crippen LogP contribution in [0.5, 0.6) is 0 Å². The minimum absolute atomic E-state index is 0.294. The Balaban J connectivity index is 2.18. The highest BCUT2D eigenvalue weighted by molar-refractivity contribution is 6.74. The zero-order chi connectivity index (χ0) is 15.4. The Bertz CT molecular complexity index is 317. The summed E-state index contributed by atoms with van der Waals surface area (Å²) in [5, 5.41) is 0.294. The number of unbranched alkanes of at least 4 members (excludes halogenated alkanes) is 1. The van der Waals surface area contributed by atoms with Crippen molar-refractivity contribution in [2.24, 2.45) is 11.8 Å². The van der Waals surface area contributed by atoms with Gasteiger partial charge >= 0.3 is 0 Å². The van der Waals surface area contributed by atoms with Crippen molar-refractivity contribution in [1.29, 1.82) is 0 Å². The molecule has 0 heterocycles. The second kappa shape index (κ2) is 7.21. The lowest BCUT2D eigenvalue weighted by Crippen LogP contribution is -2.40. The minimum atomic E-state index is -1.58. The second-order valence-corrected chi connectivity index (χ2v) is 13.0. The standard InChI is InChI=1S/C17H34O2Si/c1-14-10-11-15(16(18)13-14)9-7-8-12-19-20(5,6)17(2,3)4/h14-15H,7-13H2,1-6H3/t14-,15+/m1/s1. The SMILES string of the molecule is C[C@@H]1CC[C@H](CCCCO[Si](C)(C)C(C)(C)C)C(=O)C1. The van der Waals surface area contributed by atoms with Gasteiger partial charge in [-0.1, -0.05) is 34.1 Å². The molecule has 1 aliphatic rings. The average Bonchev–Trinajstić information content (AvgIpc) is 2.29. The van der Waals surface area contributed by atoms with Crippen LogP contribution in [0.4, 0.5) is 0 Å². The van der Waals surface area contributed by atoms with Crippen molar-refractivity contribution in [2.75, 3.05) is 6.61 Å². The third-order valence-corrected chi connectivity index (χ3v) is 9.77. The maximum absolute atomic E-state index is 11.9. The molecule has 3 heteroatoms. The monoisotopic (exact) mass is 298 g/mol. The van der Waals surface area contributed by atoms with E-state index in [-0.39, 0.29) is 0 Å². The summed E-state index contributed by atoms with van der Waals surface area (Å²) in [5.74, 6) is 1.47. The molecule has 1 rings (SSSR count). The van der Waals surface area contributed by atoms with E-state index in [9.17, 15) is 4.79 Å². The zero-order valence-corrected chi connectivity index (χ0v) is 15.4. The van der Waals surface area contributed by atoms with E-state index in [0.717, 1.165) is 38.7 Å². The quantitative estimate of drug-likeness (QED) is 0.498. The van der Waals surface area contributed by atoms with Crippen molar-refractivity contribution in [3.63, 3.8) is 0 Å². The predicted octanol–water partition coefficient (Wildman–Crippen LogP) is 5.18. The molecule has 0 aromatic carbocycles. The molecular formula is C17H34O2Si. The molecule has 0 spiro atoms. The number of carbonyl (C=O) groups is 1. The molecular weight excluding hydrogens is 264 g/mol. The molecule has 0 amide bonds. The molecule has 1 aliphatic carbocycles. The number of Topliss-reactive ketones (excluding diaryl/α,β-unsaturated/α-hetero) is 1. The summed E-state index contributed by atoms with van der Waals surface area (Å²) in [4.78, 5) is 11.9. The summed E-state index contributed by atoms with van der Waals surface area (Å²) in [7, 11) is -1.58. The average molecular weight is 299 g/mol. The van der Waals surface area contributed by atoms with E-state index < -0.39 is 8.32 Å². The van der Waals surface area contributed by atoms with Crippen LogP contribution >= 0.6 is 0 Å². The molecule has 0 saturated heterocycles. The van der Waals surface area contributed by atoms with Gasteiger partial charge < -0.3 is 4.43 Å². The maximum atomic E-state index is 11.9. The van der Waals surface area contributed by atoms with E-state index in [0.29, 0.717) is 22.7 Å². The lowest BCUT2D eigenvalue weighted by molar-refractivity contribution is -0.126. The van der Waals surface area contributed by atoms with Crippen LogP contribution in [0.3, 0.4) is 0 Å². The van der Waals surface area contributed by atoms with E-state index in [1.807, 2.05) is 0 Å². The van der Waals surface area contributed by atoms with Crippen molar-refractivity contribution in [1.82, 2.24) is 0 Å². The minimum Gasteiger partial charge on any atom is -0.417 e. The topological polar surface area (TPSA) is 26.3 Å². The molecule has 0 aromatic heterocycles. The molecule has 0 aromatic rings. The van der Waals surface area contributed by atoms with Gasteiger partial charge in [0.1, 0.15) is 5.78 Å². The molecule has 0 unspecified atom stereocenters. The summed E-state index contributed by atoms with van der Waals surface area (Å²) < 4.78 is 6.18. The first-order valence-corrected chi connectivity index (χ1v) is 11.2. The summed E-state index contributed by atoms with van der Waals surface area (Å²) in [6.45, 7) is 14.5. The summed E-state index contributed by atoms with van der Waals surface area (Å²) in [5.41, 5.74) is 0. The Morgan fingerprint density at radius 2 is 1.85 bits per heavy atom.